The Morgan fingerprint density at radius 1 is 1.03 bits per heavy atom. The van der Waals surface area contributed by atoms with Crippen LogP contribution in [0.15, 0.2) is 82.3 Å². The summed E-state index contributed by atoms with van der Waals surface area (Å²) >= 11 is 7.41. The summed E-state index contributed by atoms with van der Waals surface area (Å²) in [6.07, 6.45) is 0.997. The number of thiocarbonyl (C=S) groups is 1. The lowest BCUT2D eigenvalue weighted by molar-refractivity contribution is 0.396. The predicted molar refractivity (Wildman–Crippen MR) is 136 cm³/mol. The van der Waals surface area contributed by atoms with Crippen LogP contribution >= 0.6 is 23.6 Å². The van der Waals surface area contributed by atoms with Gasteiger partial charge in [0.2, 0.25) is 5.82 Å². The summed E-state index contributed by atoms with van der Waals surface area (Å²) in [7, 11) is 0. The summed E-state index contributed by atoms with van der Waals surface area (Å²) in [4.78, 5) is 7.85. The molecule has 0 bridgehead atoms. The van der Waals surface area contributed by atoms with Gasteiger partial charge in [-0.3, -0.25) is 0 Å². The van der Waals surface area contributed by atoms with E-state index in [1.54, 1.807) is 11.3 Å². The molecule has 33 heavy (non-hydrogen) atoms. The lowest BCUT2D eigenvalue weighted by Crippen LogP contribution is -2.45. The van der Waals surface area contributed by atoms with Crippen LogP contribution in [0.1, 0.15) is 42.5 Å². The molecule has 1 atom stereocenters. The molecule has 2 aromatic heterocycles. The Morgan fingerprint density at radius 2 is 1.82 bits per heavy atom. The second-order valence-electron chi connectivity index (χ2n) is 7.95. The van der Waals surface area contributed by atoms with Crippen LogP contribution in [0.5, 0.6) is 0 Å². The molecule has 1 aliphatic rings. The van der Waals surface area contributed by atoms with E-state index in [1.165, 1.54) is 11.1 Å². The zero-order valence-electron chi connectivity index (χ0n) is 18.5. The van der Waals surface area contributed by atoms with Gasteiger partial charge < -0.3 is 14.7 Å². The van der Waals surface area contributed by atoms with Crippen molar-refractivity contribution in [2.45, 2.75) is 32.9 Å². The lowest BCUT2D eigenvalue weighted by atomic mass is 9.93. The average Bonchev–Trinajstić information content (AvgIpc) is 3.54. The summed E-state index contributed by atoms with van der Waals surface area (Å²) < 4.78 is 5.81. The molecule has 0 fully saturated rings. The van der Waals surface area contributed by atoms with Gasteiger partial charge in [0.05, 0.1) is 16.5 Å². The highest BCUT2D eigenvalue weighted by atomic mass is 32.1. The SMILES string of the molecule is CCc1ccc(C2NC(=S)N(Cc3ccccc3)C(C)=C2c2nc(-c3cccs3)no2)cc1. The molecule has 0 saturated heterocycles. The van der Waals surface area contributed by atoms with Crippen LogP contribution in [0.2, 0.25) is 0 Å². The number of hydrogen-bond acceptors (Lipinski definition) is 5. The van der Waals surface area contributed by atoms with Crippen molar-refractivity contribution in [3.8, 4) is 10.7 Å². The molecule has 166 valence electrons. The van der Waals surface area contributed by atoms with Crippen molar-refractivity contribution in [1.82, 2.24) is 20.4 Å². The third kappa shape index (κ3) is 4.34. The summed E-state index contributed by atoms with van der Waals surface area (Å²) in [5.41, 5.74) is 5.53. The predicted octanol–water partition coefficient (Wildman–Crippen LogP) is 6.22. The molecule has 1 N–H and O–H groups in total. The molecule has 4 aromatic rings. The Morgan fingerprint density at radius 3 is 2.52 bits per heavy atom. The van der Waals surface area contributed by atoms with E-state index in [1.807, 2.05) is 35.7 Å². The third-order valence-corrected chi connectivity index (χ3v) is 7.10. The number of aromatic nitrogens is 2. The number of hydrogen-bond donors (Lipinski definition) is 1. The second kappa shape index (κ2) is 9.29. The Labute approximate surface area is 202 Å². The number of nitrogens with one attached hydrogen (secondary N) is 1. The number of rotatable bonds is 6. The fraction of sp³-hybridized carbons (Fsp3) is 0.192. The highest BCUT2D eigenvalue weighted by Crippen LogP contribution is 2.38. The largest absolute Gasteiger partial charge is 0.351 e. The summed E-state index contributed by atoms with van der Waals surface area (Å²) in [6, 6.07) is 22.7. The Balaban J connectivity index is 1.59. The number of benzene rings is 2. The van der Waals surface area contributed by atoms with Crippen LogP contribution in [-0.4, -0.2) is 20.2 Å². The Hall–Kier alpha value is -3.29. The van der Waals surface area contributed by atoms with E-state index in [0.717, 1.165) is 28.1 Å². The minimum atomic E-state index is -0.174. The van der Waals surface area contributed by atoms with Gasteiger partial charge in [0.15, 0.2) is 5.11 Å². The standard InChI is InChI=1S/C26H24N4OS2/c1-3-18-11-13-20(14-12-18)23-22(25-28-24(29-31-25)21-10-7-15-33-21)17(2)30(26(32)27-23)16-19-8-5-4-6-9-19/h4-15,23H,3,16H2,1-2H3,(H,27,32). The molecule has 0 amide bonds. The molecule has 0 spiro atoms. The highest BCUT2D eigenvalue weighted by Gasteiger charge is 2.34. The molecule has 0 radical (unpaired) electrons. The first kappa shape index (κ1) is 21.6. The lowest BCUT2D eigenvalue weighted by Gasteiger charge is -2.37. The minimum absolute atomic E-state index is 0.174. The second-order valence-corrected chi connectivity index (χ2v) is 9.28. The van der Waals surface area contributed by atoms with Gasteiger partial charge in [0.25, 0.3) is 5.89 Å². The van der Waals surface area contributed by atoms with Gasteiger partial charge in [-0.2, -0.15) is 4.98 Å². The van der Waals surface area contributed by atoms with Gasteiger partial charge in [-0.25, -0.2) is 0 Å². The zero-order chi connectivity index (χ0) is 22.8. The molecular weight excluding hydrogens is 448 g/mol. The maximum absolute atomic E-state index is 5.82. The van der Waals surface area contributed by atoms with E-state index in [2.05, 4.69) is 65.6 Å². The summed E-state index contributed by atoms with van der Waals surface area (Å²) in [5.74, 6) is 1.11. The van der Waals surface area contributed by atoms with Crippen molar-refractivity contribution in [2.24, 2.45) is 0 Å². The van der Waals surface area contributed by atoms with Crippen molar-refractivity contribution < 1.29 is 4.52 Å². The minimum Gasteiger partial charge on any atom is -0.351 e. The molecular formula is C26H24N4OS2. The van der Waals surface area contributed by atoms with Crippen LogP contribution in [0.25, 0.3) is 16.3 Å². The molecule has 0 saturated carbocycles. The molecule has 5 rings (SSSR count). The third-order valence-electron chi connectivity index (χ3n) is 5.90. The quantitative estimate of drug-likeness (QED) is 0.336. The van der Waals surface area contributed by atoms with E-state index in [0.29, 0.717) is 23.4 Å². The summed E-state index contributed by atoms with van der Waals surface area (Å²) in [6.45, 7) is 4.90. The molecule has 3 heterocycles. The van der Waals surface area contributed by atoms with Crippen molar-refractivity contribution >= 4 is 34.2 Å². The van der Waals surface area contributed by atoms with Gasteiger partial charge in [0.1, 0.15) is 0 Å². The van der Waals surface area contributed by atoms with Gasteiger partial charge in [0, 0.05) is 12.2 Å². The topological polar surface area (TPSA) is 54.2 Å². The van der Waals surface area contributed by atoms with E-state index in [9.17, 15) is 0 Å². The Kier molecular flexibility index (Phi) is 6.07. The number of allylic oxidation sites excluding steroid dienone is 1. The first-order valence-electron chi connectivity index (χ1n) is 10.9. The van der Waals surface area contributed by atoms with Crippen molar-refractivity contribution in [2.75, 3.05) is 0 Å². The van der Waals surface area contributed by atoms with Gasteiger partial charge in [-0.05, 0) is 53.7 Å². The fourth-order valence-corrected chi connectivity index (χ4v) is 5.02. The molecule has 1 unspecified atom stereocenters. The van der Waals surface area contributed by atoms with Crippen molar-refractivity contribution in [3.05, 3.63) is 100 Å². The number of thiophene rings is 1. The molecule has 1 aliphatic heterocycles. The average molecular weight is 473 g/mol. The van der Waals surface area contributed by atoms with Gasteiger partial charge in [-0.1, -0.05) is 72.7 Å². The van der Waals surface area contributed by atoms with Gasteiger partial charge >= 0.3 is 0 Å². The first-order chi connectivity index (χ1) is 16.1. The molecule has 7 heteroatoms. The van der Waals surface area contributed by atoms with Crippen LogP contribution in [-0.2, 0) is 13.0 Å². The molecule has 0 aliphatic carbocycles. The zero-order valence-corrected chi connectivity index (χ0v) is 20.1. The maximum atomic E-state index is 5.82. The van der Waals surface area contributed by atoms with Crippen LogP contribution in [0, 0.1) is 0 Å². The number of aryl methyl sites for hydroxylation is 1. The number of nitrogens with zero attached hydrogens (tertiary/aromatic N) is 3. The van der Waals surface area contributed by atoms with Crippen LogP contribution in [0.4, 0.5) is 0 Å². The molecule has 5 nitrogen and oxygen atoms in total. The molecule has 2 aromatic carbocycles. The van der Waals surface area contributed by atoms with Crippen molar-refractivity contribution in [3.63, 3.8) is 0 Å². The maximum Gasteiger partial charge on any atom is 0.258 e. The smallest absolute Gasteiger partial charge is 0.258 e. The van der Waals surface area contributed by atoms with E-state index >= 15 is 0 Å². The summed E-state index contributed by atoms with van der Waals surface area (Å²) in [5, 5.41) is 10.5. The van der Waals surface area contributed by atoms with E-state index in [-0.39, 0.29) is 6.04 Å². The highest BCUT2D eigenvalue weighted by molar-refractivity contribution is 7.80. The van der Waals surface area contributed by atoms with Gasteiger partial charge in [-0.15, -0.1) is 11.3 Å². The monoisotopic (exact) mass is 472 g/mol. The van der Waals surface area contributed by atoms with Crippen LogP contribution < -0.4 is 5.32 Å². The van der Waals surface area contributed by atoms with Crippen molar-refractivity contribution in [1.29, 1.82) is 0 Å². The van der Waals surface area contributed by atoms with E-state index in [4.69, 9.17) is 21.7 Å². The first-order valence-corrected chi connectivity index (χ1v) is 12.2. The van der Waals surface area contributed by atoms with E-state index < -0.39 is 0 Å². The van der Waals surface area contributed by atoms with Crippen LogP contribution in [0.3, 0.4) is 0 Å². The normalized spacial score (nSPS) is 16.2. The fourth-order valence-electron chi connectivity index (χ4n) is 4.05. The Bertz CT molecular complexity index is 1280.